The number of hydrogen-bond donors (Lipinski definition) is 3. The molecule has 4 rings (SSSR count). The normalized spacial score (nSPS) is 17.4. The van der Waals surface area contributed by atoms with Crippen LogP contribution in [-0.2, 0) is 17.8 Å². The maximum absolute atomic E-state index is 13.2. The first-order chi connectivity index (χ1) is 17.1. The van der Waals surface area contributed by atoms with Crippen LogP contribution in [0.15, 0.2) is 42.5 Å². The van der Waals surface area contributed by atoms with E-state index in [1.54, 1.807) is 4.90 Å². The maximum atomic E-state index is 13.2. The van der Waals surface area contributed by atoms with E-state index in [4.69, 9.17) is 11.5 Å². The van der Waals surface area contributed by atoms with E-state index in [9.17, 15) is 22.8 Å². The number of primary amides is 1. The zero-order valence-electron chi connectivity index (χ0n) is 20.1. The number of piperidine rings is 1. The quantitative estimate of drug-likeness (QED) is 0.516. The summed E-state index contributed by atoms with van der Waals surface area (Å²) < 4.78 is 39.3. The number of halogens is 3. The summed E-state index contributed by atoms with van der Waals surface area (Å²) in [5, 5.41) is 3.03. The second kappa shape index (κ2) is 10.7. The average Bonchev–Trinajstić information content (AvgIpc) is 2.85. The van der Waals surface area contributed by atoms with E-state index in [-0.39, 0.29) is 31.3 Å². The Morgan fingerprint density at radius 3 is 2.42 bits per heavy atom. The van der Waals surface area contributed by atoms with Crippen molar-refractivity contribution in [2.45, 2.75) is 50.9 Å². The Bertz CT molecular complexity index is 1080. The van der Waals surface area contributed by atoms with Crippen molar-refractivity contribution in [2.24, 2.45) is 11.7 Å². The molecule has 0 radical (unpaired) electrons. The molecule has 0 aromatic heterocycles. The zero-order chi connectivity index (χ0) is 25.9. The second-order valence-electron chi connectivity index (χ2n) is 9.57. The Balaban J connectivity index is 1.46. The molecular formula is C26H32F3N5O2. The number of fused-ring (bicyclic) bond motifs is 1. The van der Waals surface area contributed by atoms with Gasteiger partial charge in [0.2, 0.25) is 5.91 Å². The molecule has 2 aromatic carbocycles. The molecule has 0 saturated carbocycles. The zero-order valence-corrected chi connectivity index (χ0v) is 20.1. The number of benzene rings is 2. The van der Waals surface area contributed by atoms with Gasteiger partial charge in [-0.25, -0.2) is 4.79 Å². The van der Waals surface area contributed by atoms with Crippen molar-refractivity contribution in [1.82, 2.24) is 10.2 Å². The van der Waals surface area contributed by atoms with Crippen molar-refractivity contribution in [3.8, 4) is 0 Å². The van der Waals surface area contributed by atoms with Crippen LogP contribution in [0.25, 0.3) is 0 Å². The number of nitrogens with zero attached hydrogens (tertiary/aromatic N) is 2. The Kier molecular flexibility index (Phi) is 7.61. The minimum absolute atomic E-state index is 0.0633. The van der Waals surface area contributed by atoms with Crippen LogP contribution in [0.5, 0.6) is 0 Å². The lowest BCUT2D eigenvalue weighted by molar-refractivity contribution is -0.179. The predicted molar refractivity (Wildman–Crippen MR) is 132 cm³/mol. The van der Waals surface area contributed by atoms with E-state index in [1.807, 2.05) is 47.4 Å². The molecule has 2 aliphatic heterocycles. The number of nitrogens with two attached hydrogens (primary N) is 2. The van der Waals surface area contributed by atoms with Crippen molar-refractivity contribution in [1.29, 1.82) is 0 Å². The highest BCUT2D eigenvalue weighted by atomic mass is 19.4. The van der Waals surface area contributed by atoms with Crippen LogP contribution < -0.4 is 21.7 Å². The first-order valence-electron chi connectivity index (χ1n) is 12.2. The summed E-state index contributed by atoms with van der Waals surface area (Å²) in [4.78, 5) is 28.2. The molecular weight excluding hydrogens is 471 g/mol. The highest BCUT2D eigenvalue weighted by molar-refractivity contribution is 5.77. The van der Waals surface area contributed by atoms with Gasteiger partial charge < -0.3 is 26.6 Å². The van der Waals surface area contributed by atoms with Gasteiger partial charge >= 0.3 is 12.2 Å². The largest absolute Gasteiger partial charge is 0.399 e. The summed E-state index contributed by atoms with van der Waals surface area (Å²) in [5.41, 5.74) is 15.7. The minimum atomic E-state index is -4.16. The fourth-order valence-corrected chi connectivity index (χ4v) is 5.14. The molecule has 2 heterocycles. The van der Waals surface area contributed by atoms with E-state index in [0.29, 0.717) is 44.7 Å². The average molecular weight is 504 g/mol. The van der Waals surface area contributed by atoms with Gasteiger partial charge in [0, 0.05) is 44.0 Å². The Morgan fingerprint density at radius 2 is 1.78 bits per heavy atom. The van der Waals surface area contributed by atoms with Gasteiger partial charge in [0.15, 0.2) is 0 Å². The van der Waals surface area contributed by atoms with Crippen molar-refractivity contribution in [3.63, 3.8) is 0 Å². The third kappa shape index (κ3) is 6.03. The SMILES string of the molecule is NC(=O)CC[C@H](NC(=O)N1CCc2c(cc(N)cc2N2CCC(C(F)(F)F)CC2)C1)c1ccccc1. The summed E-state index contributed by atoms with van der Waals surface area (Å²) in [6.07, 6.45) is -2.92. The lowest BCUT2D eigenvalue weighted by Gasteiger charge is -2.38. The molecule has 7 nitrogen and oxygen atoms in total. The molecule has 2 aromatic rings. The molecule has 1 atom stereocenters. The maximum Gasteiger partial charge on any atom is 0.391 e. The lowest BCUT2D eigenvalue weighted by atomic mass is 9.92. The highest BCUT2D eigenvalue weighted by Crippen LogP contribution is 2.38. The van der Waals surface area contributed by atoms with Gasteiger partial charge in [-0.3, -0.25) is 4.79 Å². The Labute approximate surface area is 208 Å². The van der Waals surface area contributed by atoms with Crippen molar-refractivity contribution >= 4 is 23.3 Å². The van der Waals surface area contributed by atoms with Crippen LogP contribution in [0.1, 0.15) is 48.4 Å². The summed E-state index contributed by atoms with van der Waals surface area (Å²) in [5.74, 6) is -1.70. The fraction of sp³-hybridized carbons (Fsp3) is 0.462. The molecule has 1 saturated heterocycles. The van der Waals surface area contributed by atoms with Crippen LogP contribution in [0, 0.1) is 5.92 Å². The number of hydrogen-bond acceptors (Lipinski definition) is 4. The van der Waals surface area contributed by atoms with Crippen molar-refractivity contribution in [2.75, 3.05) is 30.3 Å². The second-order valence-corrected chi connectivity index (χ2v) is 9.57. The van der Waals surface area contributed by atoms with Gasteiger partial charge in [0.1, 0.15) is 0 Å². The van der Waals surface area contributed by atoms with E-state index in [2.05, 4.69) is 5.32 Å². The number of nitrogens with one attached hydrogen (secondary N) is 1. The first kappa shape index (κ1) is 25.7. The number of amides is 3. The first-order valence-corrected chi connectivity index (χ1v) is 12.2. The summed E-state index contributed by atoms with van der Waals surface area (Å²) in [7, 11) is 0. The van der Waals surface area contributed by atoms with Gasteiger partial charge in [0.05, 0.1) is 12.0 Å². The number of carbonyl (C=O) groups excluding carboxylic acids is 2. The van der Waals surface area contributed by atoms with Gasteiger partial charge in [-0.1, -0.05) is 30.3 Å². The van der Waals surface area contributed by atoms with Crippen LogP contribution >= 0.6 is 0 Å². The predicted octanol–water partition coefficient (Wildman–Crippen LogP) is 4.12. The van der Waals surface area contributed by atoms with E-state index in [1.165, 1.54) is 0 Å². The Morgan fingerprint density at radius 1 is 1.08 bits per heavy atom. The van der Waals surface area contributed by atoms with Gasteiger partial charge in [-0.15, -0.1) is 0 Å². The van der Waals surface area contributed by atoms with Crippen LogP contribution in [0.4, 0.5) is 29.3 Å². The molecule has 0 spiro atoms. The monoisotopic (exact) mass is 503 g/mol. The van der Waals surface area contributed by atoms with Gasteiger partial charge in [0.25, 0.3) is 0 Å². The Hall–Kier alpha value is -3.43. The van der Waals surface area contributed by atoms with E-state index < -0.39 is 18.0 Å². The highest BCUT2D eigenvalue weighted by Gasteiger charge is 2.41. The summed E-state index contributed by atoms with van der Waals surface area (Å²) in [6.45, 7) is 1.45. The number of nitrogen functional groups attached to an aromatic ring is 1. The van der Waals surface area contributed by atoms with E-state index >= 15 is 0 Å². The van der Waals surface area contributed by atoms with Gasteiger partial charge in [-0.2, -0.15) is 13.2 Å². The third-order valence-electron chi connectivity index (χ3n) is 7.10. The van der Waals surface area contributed by atoms with E-state index in [0.717, 1.165) is 22.4 Å². The minimum Gasteiger partial charge on any atom is -0.399 e. The molecule has 2 aliphatic rings. The molecule has 1 fully saturated rings. The fourth-order valence-electron chi connectivity index (χ4n) is 5.14. The molecule has 5 N–H and O–H groups in total. The van der Waals surface area contributed by atoms with Crippen molar-refractivity contribution in [3.05, 3.63) is 59.2 Å². The molecule has 0 unspecified atom stereocenters. The van der Waals surface area contributed by atoms with Crippen LogP contribution in [0.3, 0.4) is 0 Å². The summed E-state index contributed by atoms with van der Waals surface area (Å²) >= 11 is 0. The number of carbonyl (C=O) groups is 2. The third-order valence-corrected chi connectivity index (χ3v) is 7.10. The number of anilines is 2. The smallest absolute Gasteiger partial charge is 0.391 e. The molecule has 0 aliphatic carbocycles. The van der Waals surface area contributed by atoms with Gasteiger partial charge in [-0.05, 0) is 54.5 Å². The molecule has 0 bridgehead atoms. The molecule has 194 valence electrons. The van der Waals surface area contributed by atoms with Crippen LogP contribution in [-0.4, -0.2) is 42.6 Å². The standard InChI is InChI=1S/C26H32F3N5O2/c27-26(28,29)19-8-11-33(12-9-19)23-15-20(30)14-18-16-34(13-10-21(18)23)25(36)32-22(6-7-24(31)35)17-4-2-1-3-5-17/h1-5,14-15,19,22H,6-13,16,30H2,(H2,31,35)(H,32,36)/t22-/m0/s1. The number of urea groups is 1. The topological polar surface area (TPSA) is 105 Å². The molecule has 3 amide bonds. The number of alkyl halides is 3. The molecule has 36 heavy (non-hydrogen) atoms. The van der Waals surface area contributed by atoms with Crippen LogP contribution in [0.2, 0.25) is 0 Å². The summed E-state index contributed by atoms with van der Waals surface area (Å²) in [6, 6.07) is 12.5. The molecule has 10 heteroatoms. The lowest BCUT2D eigenvalue weighted by Crippen LogP contribution is -2.45. The number of rotatable bonds is 6. The van der Waals surface area contributed by atoms with Crippen molar-refractivity contribution < 1.29 is 22.8 Å².